The lowest BCUT2D eigenvalue weighted by molar-refractivity contribution is -0.138. The molecule has 2 aliphatic rings. The summed E-state index contributed by atoms with van der Waals surface area (Å²) in [6.45, 7) is 0.332. The molecule has 0 radical (unpaired) electrons. The van der Waals surface area contributed by atoms with Crippen LogP contribution in [0, 0.1) is 5.82 Å². The van der Waals surface area contributed by atoms with Crippen LogP contribution in [0.25, 0.3) is 10.9 Å². The van der Waals surface area contributed by atoms with Gasteiger partial charge in [0.25, 0.3) is 12.0 Å². The van der Waals surface area contributed by atoms with Gasteiger partial charge in [0.05, 0.1) is 10.6 Å². The molecule has 6 rings (SSSR count). The third-order valence-electron chi connectivity index (χ3n) is 8.54. The lowest BCUT2D eigenvalue weighted by Crippen LogP contribution is -2.46. The van der Waals surface area contributed by atoms with Gasteiger partial charge in [-0.2, -0.15) is 8.78 Å². The fourth-order valence-corrected chi connectivity index (χ4v) is 6.08. The zero-order chi connectivity index (χ0) is 33.5. The van der Waals surface area contributed by atoms with Crippen molar-refractivity contribution in [1.29, 1.82) is 0 Å². The highest BCUT2D eigenvalue weighted by Gasteiger charge is 2.46. The highest BCUT2D eigenvalue weighted by atomic mass is 35.5. The van der Waals surface area contributed by atoms with Crippen LogP contribution in [-0.2, 0) is 28.2 Å². The number of fused-ring (bicyclic) bond motifs is 1. The van der Waals surface area contributed by atoms with E-state index in [1.54, 1.807) is 24.3 Å². The lowest BCUT2D eigenvalue weighted by atomic mass is 10.0. The first kappa shape index (κ1) is 31.9. The van der Waals surface area contributed by atoms with Crippen molar-refractivity contribution in [1.82, 2.24) is 30.1 Å². The normalized spacial score (nSPS) is 16.7. The van der Waals surface area contributed by atoms with Gasteiger partial charge in [0.1, 0.15) is 18.4 Å². The van der Waals surface area contributed by atoms with Crippen molar-refractivity contribution in [2.75, 3.05) is 6.54 Å². The maximum Gasteiger partial charge on any atom is 0.289 e. The molecule has 2 aromatic carbocycles. The summed E-state index contributed by atoms with van der Waals surface area (Å²) >= 11 is 5.82. The van der Waals surface area contributed by atoms with Crippen molar-refractivity contribution in [3.8, 4) is 0 Å². The number of benzene rings is 2. The predicted octanol–water partition coefficient (Wildman–Crippen LogP) is 4.91. The van der Waals surface area contributed by atoms with E-state index >= 15 is 0 Å². The zero-order valence-electron chi connectivity index (χ0n) is 25.0. The third kappa shape index (κ3) is 6.35. The molecule has 0 unspecified atom stereocenters. The summed E-state index contributed by atoms with van der Waals surface area (Å²) in [6.07, 6.45) is 3.43. The largest absolute Gasteiger partial charge is 0.350 e. The number of hydrogen-bond acceptors (Lipinski definition) is 6. The van der Waals surface area contributed by atoms with Gasteiger partial charge in [-0.3, -0.25) is 19.2 Å². The van der Waals surface area contributed by atoms with Crippen LogP contribution in [0.4, 0.5) is 13.2 Å². The van der Waals surface area contributed by atoms with Gasteiger partial charge < -0.3 is 20.1 Å². The Bertz CT molecular complexity index is 1960. The monoisotopic (exact) mass is 664 g/mol. The summed E-state index contributed by atoms with van der Waals surface area (Å²) in [6, 6.07) is 9.97. The van der Waals surface area contributed by atoms with Crippen LogP contribution < -0.4 is 10.6 Å². The van der Waals surface area contributed by atoms with E-state index < -0.39 is 47.7 Å². The quantitative estimate of drug-likeness (QED) is 0.245. The minimum atomic E-state index is -1.98. The number of amides is 3. The number of hydrogen-bond donors (Lipinski definition) is 2. The van der Waals surface area contributed by atoms with Crippen molar-refractivity contribution in [3.05, 3.63) is 106 Å². The van der Waals surface area contributed by atoms with Crippen LogP contribution in [0.3, 0.4) is 0 Å². The van der Waals surface area contributed by atoms with Gasteiger partial charge in [0.15, 0.2) is 5.78 Å². The molecular formula is C33H28ClF3N6O4. The van der Waals surface area contributed by atoms with Crippen LogP contribution in [0.5, 0.6) is 0 Å². The van der Waals surface area contributed by atoms with Gasteiger partial charge in [0, 0.05) is 65.7 Å². The molecule has 4 aromatic rings. The number of nitrogens with zero attached hydrogens (tertiary/aromatic N) is 4. The fourth-order valence-electron chi connectivity index (χ4n) is 5.89. The molecule has 2 N–H and O–H groups in total. The van der Waals surface area contributed by atoms with E-state index in [1.807, 2.05) is 0 Å². The maximum absolute atomic E-state index is 14.3. The van der Waals surface area contributed by atoms with E-state index in [0.717, 1.165) is 10.5 Å². The zero-order valence-corrected chi connectivity index (χ0v) is 25.8. The molecule has 10 nitrogen and oxygen atoms in total. The number of halogens is 4. The number of ketones is 1. The number of rotatable bonds is 9. The van der Waals surface area contributed by atoms with Crippen LogP contribution in [-0.4, -0.2) is 55.5 Å². The minimum absolute atomic E-state index is 0.0325. The molecular weight excluding hydrogens is 637 g/mol. The SMILES string of the molecule is CC(=O)c1cn(CC(=O)N2CC(=C(F)F)C[C@H]2C(=O)NCc2cccc(Cl)c2F)c2ccc(C3(NC(=O)c4ncccn4)CC3)cc12. The number of carbonyl (C=O) groups excluding carboxylic acids is 4. The van der Waals surface area contributed by atoms with E-state index in [4.69, 9.17) is 11.6 Å². The Hall–Kier alpha value is -5.04. The van der Waals surface area contributed by atoms with Crippen molar-refractivity contribution in [2.45, 2.75) is 50.9 Å². The van der Waals surface area contributed by atoms with Gasteiger partial charge >= 0.3 is 0 Å². The number of Topliss-reactive ketones (excluding diaryl/α,β-unsaturated/α-hetero) is 1. The van der Waals surface area contributed by atoms with Gasteiger partial charge in [-0.25, -0.2) is 14.4 Å². The number of aromatic nitrogens is 3. The highest BCUT2D eigenvalue weighted by molar-refractivity contribution is 6.30. The molecule has 1 saturated heterocycles. The Morgan fingerprint density at radius 2 is 1.81 bits per heavy atom. The predicted molar refractivity (Wildman–Crippen MR) is 165 cm³/mol. The third-order valence-corrected chi connectivity index (χ3v) is 8.83. The molecule has 0 spiro atoms. The molecule has 3 amide bonds. The smallest absolute Gasteiger partial charge is 0.289 e. The summed E-state index contributed by atoms with van der Waals surface area (Å²) in [5, 5.41) is 5.94. The molecule has 3 heterocycles. The van der Waals surface area contributed by atoms with Crippen molar-refractivity contribution in [3.63, 3.8) is 0 Å². The van der Waals surface area contributed by atoms with Crippen molar-refractivity contribution < 1.29 is 32.3 Å². The van der Waals surface area contributed by atoms with Gasteiger partial charge in [-0.05, 0) is 49.6 Å². The van der Waals surface area contributed by atoms with Crippen molar-refractivity contribution >= 4 is 46.0 Å². The molecule has 14 heteroatoms. The van der Waals surface area contributed by atoms with E-state index in [2.05, 4.69) is 20.6 Å². The van der Waals surface area contributed by atoms with Crippen LogP contribution in [0.1, 0.15) is 58.3 Å². The van der Waals surface area contributed by atoms with Crippen LogP contribution in [0.15, 0.2) is 72.7 Å². The number of likely N-dealkylation sites (tertiary alicyclic amines) is 1. The Kier molecular flexibility index (Phi) is 8.58. The minimum Gasteiger partial charge on any atom is -0.350 e. The second-order valence-electron chi connectivity index (χ2n) is 11.6. The maximum atomic E-state index is 14.3. The first-order valence-corrected chi connectivity index (χ1v) is 15.1. The first-order valence-electron chi connectivity index (χ1n) is 14.7. The number of carbonyl (C=O) groups is 4. The average molecular weight is 665 g/mol. The topological polar surface area (TPSA) is 126 Å². The standard InChI is InChI=1S/C33H28ClF3N6O4/c1-18(44)23-16-42(25-7-6-21(13-22(23)25)33(8-9-33)41-32(47)30-38-10-3-11-39-30)17-27(45)43-15-20(29(36)37)12-26(43)31(46)40-14-19-4-2-5-24(34)28(19)35/h2-7,10-11,13,16,26H,8-9,12,14-15,17H2,1H3,(H,40,46)(H,41,47)/t26-/m0/s1. The molecule has 1 aliphatic carbocycles. The van der Waals surface area contributed by atoms with Gasteiger partial charge in [-0.1, -0.05) is 29.8 Å². The molecule has 47 heavy (non-hydrogen) atoms. The second-order valence-corrected chi connectivity index (χ2v) is 12.0. The number of nitrogens with one attached hydrogen (secondary N) is 2. The Morgan fingerprint density at radius 3 is 2.49 bits per heavy atom. The summed E-state index contributed by atoms with van der Waals surface area (Å²) in [4.78, 5) is 61.3. The Balaban J connectivity index is 1.23. The first-order chi connectivity index (χ1) is 22.5. The average Bonchev–Trinajstić information content (AvgIpc) is 3.53. The summed E-state index contributed by atoms with van der Waals surface area (Å²) in [5.41, 5.74) is 0.713. The summed E-state index contributed by atoms with van der Waals surface area (Å²) in [7, 11) is 0. The van der Waals surface area contributed by atoms with Gasteiger partial charge in [-0.15, -0.1) is 0 Å². The Labute approximate surface area is 271 Å². The van der Waals surface area contributed by atoms with E-state index in [-0.39, 0.29) is 47.3 Å². The van der Waals surface area contributed by atoms with E-state index in [0.29, 0.717) is 29.3 Å². The van der Waals surface area contributed by atoms with Crippen LogP contribution in [0.2, 0.25) is 5.02 Å². The molecule has 2 aromatic heterocycles. The molecule has 0 bridgehead atoms. The molecule has 1 saturated carbocycles. The molecule has 242 valence electrons. The molecule has 2 fully saturated rings. The molecule has 1 aliphatic heterocycles. The second kappa shape index (κ2) is 12.6. The highest BCUT2D eigenvalue weighted by Crippen LogP contribution is 2.46. The van der Waals surface area contributed by atoms with Gasteiger partial charge in [0.2, 0.25) is 17.6 Å². The van der Waals surface area contributed by atoms with E-state index in [1.165, 1.54) is 48.3 Å². The summed E-state index contributed by atoms with van der Waals surface area (Å²) < 4.78 is 43.2. The van der Waals surface area contributed by atoms with Crippen molar-refractivity contribution in [2.24, 2.45) is 0 Å². The fraction of sp³-hybridized carbons (Fsp3) is 0.273. The van der Waals surface area contributed by atoms with E-state index in [9.17, 15) is 32.3 Å². The lowest BCUT2D eigenvalue weighted by Gasteiger charge is -2.24. The van der Waals surface area contributed by atoms with Crippen LogP contribution >= 0.6 is 11.6 Å². The Morgan fingerprint density at radius 1 is 1.06 bits per heavy atom. The summed E-state index contributed by atoms with van der Waals surface area (Å²) in [5.74, 6) is -2.73. The molecule has 1 atom stereocenters.